The Labute approximate surface area is 164 Å². The first kappa shape index (κ1) is 28.2. The molecule has 0 unspecified atom stereocenters. The SMILES string of the molecule is CCCCC1=CC=CC1.CCCCC1=CC=CC1.[CH3-].[CH3-].[Cl][Zr+2][Cl]. The number of rotatable bonds is 6. The van der Waals surface area contributed by atoms with E-state index in [-0.39, 0.29) is 14.9 Å². The molecule has 2 rings (SSSR count). The van der Waals surface area contributed by atoms with Crippen LogP contribution in [0.3, 0.4) is 0 Å². The summed E-state index contributed by atoms with van der Waals surface area (Å²) in [5.74, 6) is 0. The van der Waals surface area contributed by atoms with E-state index in [2.05, 4.69) is 50.3 Å². The molecule has 0 bridgehead atoms. The van der Waals surface area contributed by atoms with Gasteiger partial charge in [-0.25, -0.2) is 0 Å². The van der Waals surface area contributed by atoms with Gasteiger partial charge >= 0.3 is 37.9 Å². The zero-order valence-corrected chi connectivity index (χ0v) is 19.3. The summed E-state index contributed by atoms with van der Waals surface area (Å²) in [6, 6.07) is 0. The van der Waals surface area contributed by atoms with Gasteiger partial charge in [-0.3, -0.25) is 0 Å². The normalized spacial score (nSPS) is 13.2. The summed E-state index contributed by atoms with van der Waals surface area (Å²) in [4.78, 5) is 0. The number of unbranched alkanes of at least 4 members (excludes halogenated alkanes) is 2. The first-order valence-corrected chi connectivity index (χ1v) is 14.3. The van der Waals surface area contributed by atoms with Gasteiger partial charge in [-0.05, 0) is 38.5 Å². The van der Waals surface area contributed by atoms with Crippen molar-refractivity contribution in [1.82, 2.24) is 0 Å². The number of hydrogen-bond donors (Lipinski definition) is 0. The van der Waals surface area contributed by atoms with Crippen molar-refractivity contribution in [2.75, 3.05) is 0 Å². The molecule has 0 aromatic rings. The van der Waals surface area contributed by atoms with E-state index in [0.717, 1.165) is 0 Å². The van der Waals surface area contributed by atoms with Crippen LogP contribution in [0.2, 0.25) is 0 Å². The molecule has 0 saturated carbocycles. The van der Waals surface area contributed by atoms with Crippen molar-refractivity contribution in [3.8, 4) is 0 Å². The van der Waals surface area contributed by atoms with Crippen molar-refractivity contribution >= 4 is 17.0 Å². The van der Waals surface area contributed by atoms with Gasteiger partial charge in [-0.15, -0.1) is 0 Å². The van der Waals surface area contributed by atoms with Gasteiger partial charge in [0.2, 0.25) is 0 Å². The summed E-state index contributed by atoms with van der Waals surface area (Å²) in [6.07, 6.45) is 23.6. The molecule has 132 valence electrons. The minimum atomic E-state index is -0.826. The van der Waals surface area contributed by atoms with Crippen LogP contribution in [-0.2, 0) is 20.8 Å². The van der Waals surface area contributed by atoms with Crippen LogP contribution in [0.5, 0.6) is 0 Å². The van der Waals surface area contributed by atoms with Gasteiger partial charge < -0.3 is 14.9 Å². The zero-order chi connectivity index (χ0) is 15.8. The van der Waals surface area contributed by atoms with Crippen molar-refractivity contribution in [2.45, 2.75) is 65.2 Å². The summed E-state index contributed by atoms with van der Waals surface area (Å²) >= 11 is -0.826. The first-order chi connectivity index (χ1) is 10.3. The average molecular weight is 437 g/mol. The second-order valence-electron chi connectivity index (χ2n) is 5.19. The fourth-order valence-electron chi connectivity index (χ4n) is 2.16. The van der Waals surface area contributed by atoms with Crippen LogP contribution in [-0.4, -0.2) is 0 Å². The second kappa shape index (κ2) is 22.4. The fourth-order valence-corrected chi connectivity index (χ4v) is 2.16. The third kappa shape index (κ3) is 18.6. The summed E-state index contributed by atoms with van der Waals surface area (Å²) in [7, 11) is 9.87. The molecule has 0 radical (unpaired) electrons. The van der Waals surface area contributed by atoms with Gasteiger partial charge in [0.1, 0.15) is 0 Å². The van der Waals surface area contributed by atoms with E-state index in [9.17, 15) is 0 Å². The van der Waals surface area contributed by atoms with E-state index in [0.29, 0.717) is 0 Å². The molecule has 0 aromatic carbocycles. The number of hydrogen-bond acceptors (Lipinski definition) is 0. The molecule has 0 amide bonds. The van der Waals surface area contributed by atoms with Crippen molar-refractivity contribution in [3.05, 3.63) is 62.5 Å². The zero-order valence-electron chi connectivity index (χ0n) is 15.4. The Kier molecular flexibility index (Phi) is 27.5. The van der Waals surface area contributed by atoms with E-state index in [1.165, 1.54) is 51.4 Å². The van der Waals surface area contributed by atoms with E-state index in [1.54, 1.807) is 11.1 Å². The molecule has 0 saturated heterocycles. The van der Waals surface area contributed by atoms with Crippen LogP contribution in [0.25, 0.3) is 0 Å². The van der Waals surface area contributed by atoms with E-state index < -0.39 is 20.8 Å². The molecular formula is C20H34Cl2Zr. The molecule has 0 aromatic heterocycles. The maximum absolute atomic E-state index is 4.93. The molecule has 0 N–H and O–H groups in total. The Hall–Kier alpha value is 0.423. The second-order valence-corrected chi connectivity index (χ2v) is 8.92. The molecular weight excluding hydrogens is 402 g/mol. The fraction of sp³-hybridized carbons (Fsp3) is 0.500. The molecule has 0 atom stereocenters. The van der Waals surface area contributed by atoms with E-state index in [4.69, 9.17) is 17.0 Å². The average Bonchev–Trinajstić information content (AvgIpc) is 3.18. The predicted octanol–water partition coefficient (Wildman–Crippen LogP) is 8.40. The van der Waals surface area contributed by atoms with E-state index >= 15 is 0 Å². The van der Waals surface area contributed by atoms with Crippen LogP contribution in [0.4, 0.5) is 0 Å². The number of allylic oxidation sites excluding steroid dienone is 8. The molecule has 2 aliphatic carbocycles. The van der Waals surface area contributed by atoms with E-state index in [1.807, 2.05) is 0 Å². The summed E-state index contributed by atoms with van der Waals surface area (Å²) < 4.78 is 0. The third-order valence-electron chi connectivity index (χ3n) is 3.40. The molecule has 0 heterocycles. The number of halogens is 2. The van der Waals surface area contributed by atoms with Crippen LogP contribution < -0.4 is 0 Å². The quantitative estimate of drug-likeness (QED) is 0.367. The molecule has 0 fully saturated rings. The van der Waals surface area contributed by atoms with Crippen molar-refractivity contribution in [3.63, 3.8) is 0 Å². The van der Waals surface area contributed by atoms with Gasteiger partial charge in [0.15, 0.2) is 0 Å². The Morgan fingerprint density at radius 3 is 1.39 bits per heavy atom. The Morgan fingerprint density at radius 2 is 1.17 bits per heavy atom. The standard InChI is InChI=1S/2C9H14.2CH3.2ClH.Zr/c2*1-2-3-6-9-7-4-5-8-9;;;;;/h2*4-5,7H,2-3,6,8H2,1H3;2*1H3;2*1H;/q;;2*-1;;;+4/p-2. The predicted molar refractivity (Wildman–Crippen MR) is 107 cm³/mol. The van der Waals surface area contributed by atoms with Crippen molar-refractivity contribution in [1.29, 1.82) is 0 Å². The first-order valence-electron chi connectivity index (χ1n) is 7.93. The van der Waals surface area contributed by atoms with Crippen LogP contribution in [0, 0.1) is 14.9 Å². The van der Waals surface area contributed by atoms with Crippen LogP contribution in [0.15, 0.2) is 47.6 Å². The van der Waals surface area contributed by atoms with Crippen molar-refractivity contribution < 1.29 is 20.8 Å². The third-order valence-corrected chi connectivity index (χ3v) is 3.40. The van der Waals surface area contributed by atoms with Crippen LogP contribution in [0.1, 0.15) is 65.2 Å². The molecule has 2 aliphatic rings. The van der Waals surface area contributed by atoms with Gasteiger partial charge in [0.05, 0.1) is 0 Å². The summed E-state index contributed by atoms with van der Waals surface area (Å²) in [5.41, 5.74) is 3.22. The van der Waals surface area contributed by atoms with Crippen LogP contribution >= 0.6 is 17.0 Å². The monoisotopic (exact) mass is 434 g/mol. The topological polar surface area (TPSA) is 0 Å². The van der Waals surface area contributed by atoms with Crippen molar-refractivity contribution in [2.24, 2.45) is 0 Å². The minimum absolute atomic E-state index is 0. The molecule has 0 nitrogen and oxygen atoms in total. The molecule has 0 spiro atoms. The van der Waals surface area contributed by atoms with Gasteiger partial charge in [0.25, 0.3) is 0 Å². The van der Waals surface area contributed by atoms with Gasteiger partial charge in [-0.2, -0.15) is 0 Å². The maximum atomic E-state index is 4.93. The summed E-state index contributed by atoms with van der Waals surface area (Å²) in [6.45, 7) is 4.48. The van der Waals surface area contributed by atoms with Gasteiger partial charge in [0, 0.05) is 0 Å². The molecule has 3 heteroatoms. The Morgan fingerprint density at radius 1 is 0.826 bits per heavy atom. The Bertz CT molecular complexity index is 321. The van der Waals surface area contributed by atoms with Gasteiger partial charge in [-0.1, -0.05) is 74.3 Å². The molecule has 23 heavy (non-hydrogen) atoms. The molecule has 0 aliphatic heterocycles. The summed E-state index contributed by atoms with van der Waals surface area (Å²) in [5, 5.41) is 0. The Balaban J connectivity index is -0.000000277.